The number of ether oxygens (including phenoxy) is 1. The Bertz CT molecular complexity index is 974. The SMILES string of the molecule is COc1ccc(CCC(=O)NC(CCCCNC(=O)c2ccc(C(=N)N)cc2)CC(=O)O)cc1. The Morgan fingerprint density at radius 2 is 1.68 bits per heavy atom. The molecule has 1 unspecified atom stereocenters. The second-order valence-corrected chi connectivity index (χ2v) is 7.95. The van der Waals surface area contributed by atoms with Crippen LogP contribution in [0.5, 0.6) is 5.75 Å². The molecule has 6 N–H and O–H groups in total. The Morgan fingerprint density at radius 3 is 2.26 bits per heavy atom. The molecule has 182 valence electrons. The van der Waals surface area contributed by atoms with Gasteiger partial charge in [0.2, 0.25) is 5.91 Å². The van der Waals surface area contributed by atoms with E-state index in [1.165, 1.54) is 0 Å². The zero-order valence-electron chi connectivity index (χ0n) is 19.3. The Morgan fingerprint density at radius 1 is 1.03 bits per heavy atom. The number of rotatable bonds is 14. The maximum Gasteiger partial charge on any atom is 0.305 e. The number of nitrogens with one attached hydrogen (secondary N) is 3. The monoisotopic (exact) mass is 468 g/mol. The fourth-order valence-electron chi connectivity index (χ4n) is 3.41. The van der Waals surface area contributed by atoms with Crippen molar-refractivity contribution in [3.8, 4) is 5.75 Å². The quantitative estimate of drug-likeness (QED) is 0.163. The number of benzene rings is 2. The van der Waals surface area contributed by atoms with E-state index in [-0.39, 0.29) is 30.5 Å². The van der Waals surface area contributed by atoms with Gasteiger partial charge < -0.3 is 26.2 Å². The third-order valence-electron chi connectivity index (χ3n) is 5.31. The molecule has 0 aromatic heterocycles. The third-order valence-corrected chi connectivity index (χ3v) is 5.31. The molecule has 0 heterocycles. The zero-order valence-corrected chi connectivity index (χ0v) is 19.3. The predicted octanol–water partition coefficient (Wildman–Crippen LogP) is 2.47. The molecule has 0 aliphatic carbocycles. The number of amidine groups is 1. The van der Waals surface area contributed by atoms with Gasteiger partial charge >= 0.3 is 5.97 Å². The largest absolute Gasteiger partial charge is 0.497 e. The minimum absolute atomic E-state index is 0.0595. The van der Waals surface area contributed by atoms with Gasteiger partial charge in [0.15, 0.2) is 0 Å². The van der Waals surface area contributed by atoms with Gasteiger partial charge in [0.05, 0.1) is 13.5 Å². The molecule has 1 atom stereocenters. The molecule has 34 heavy (non-hydrogen) atoms. The minimum Gasteiger partial charge on any atom is -0.497 e. The van der Waals surface area contributed by atoms with E-state index in [0.29, 0.717) is 43.4 Å². The van der Waals surface area contributed by atoms with Crippen LogP contribution in [-0.4, -0.2) is 48.4 Å². The first kappa shape index (κ1) is 26.4. The molecule has 2 aromatic rings. The number of hydrogen-bond acceptors (Lipinski definition) is 5. The first-order valence-corrected chi connectivity index (χ1v) is 11.1. The highest BCUT2D eigenvalue weighted by Gasteiger charge is 2.16. The van der Waals surface area contributed by atoms with Crippen LogP contribution in [0, 0.1) is 5.41 Å². The number of aryl methyl sites for hydroxylation is 1. The van der Waals surface area contributed by atoms with E-state index < -0.39 is 12.0 Å². The van der Waals surface area contributed by atoms with Crippen LogP contribution in [0.25, 0.3) is 0 Å². The number of carboxylic acid groups (broad SMARTS) is 1. The van der Waals surface area contributed by atoms with Gasteiger partial charge in [-0.1, -0.05) is 24.3 Å². The Balaban J connectivity index is 1.72. The van der Waals surface area contributed by atoms with Gasteiger partial charge in [-0.3, -0.25) is 19.8 Å². The summed E-state index contributed by atoms with van der Waals surface area (Å²) < 4.78 is 5.12. The lowest BCUT2D eigenvalue weighted by Gasteiger charge is -2.17. The average Bonchev–Trinajstić information content (AvgIpc) is 2.82. The van der Waals surface area contributed by atoms with Gasteiger partial charge in [-0.2, -0.15) is 0 Å². The van der Waals surface area contributed by atoms with E-state index in [1.807, 2.05) is 24.3 Å². The summed E-state index contributed by atoms with van der Waals surface area (Å²) in [4.78, 5) is 35.7. The second-order valence-electron chi connectivity index (χ2n) is 7.95. The van der Waals surface area contributed by atoms with Gasteiger partial charge in [-0.05, 0) is 55.5 Å². The first-order valence-electron chi connectivity index (χ1n) is 11.1. The summed E-state index contributed by atoms with van der Waals surface area (Å²) in [5.41, 5.74) is 7.42. The van der Waals surface area contributed by atoms with Crippen LogP contribution >= 0.6 is 0 Å². The summed E-state index contributed by atoms with van der Waals surface area (Å²) >= 11 is 0. The maximum absolute atomic E-state index is 12.3. The summed E-state index contributed by atoms with van der Waals surface area (Å²) in [7, 11) is 1.59. The standard InChI is InChI=1S/C25H32N4O5/c1-34-21-12-5-17(6-13-21)7-14-22(30)29-20(16-23(31)32)4-2-3-15-28-25(33)19-10-8-18(9-11-19)24(26)27/h5-6,8-13,20H,2-4,7,14-16H2,1H3,(H3,26,27)(H,28,33)(H,29,30)(H,31,32). The van der Waals surface area contributed by atoms with Gasteiger partial charge in [-0.25, -0.2) is 0 Å². The molecule has 0 radical (unpaired) electrons. The minimum atomic E-state index is -0.970. The van der Waals surface area contributed by atoms with Crippen molar-refractivity contribution in [3.05, 3.63) is 65.2 Å². The number of carbonyl (C=O) groups excluding carboxylic acids is 2. The average molecular weight is 469 g/mol. The van der Waals surface area contributed by atoms with Crippen molar-refractivity contribution in [2.75, 3.05) is 13.7 Å². The Labute approximate surface area is 199 Å². The molecule has 9 heteroatoms. The van der Waals surface area contributed by atoms with Crippen molar-refractivity contribution < 1.29 is 24.2 Å². The van der Waals surface area contributed by atoms with Crippen molar-refractivity contribution in [3.63, 3.8) is 0 Å². The van der Waals surface area contributed by atoms with E-state index in [2.05, 4.69) is 10.6 Å². The van der Waals surface area contributed by atoms with Crippen molar-refractivity contribution in [2.24, 2.45) is 5.73 Å². The van der Waals surface area contributed by atoms with E-state index >= 15 is 0 Å². The van der Waals surface area contributed by atoms with E-state index in [0.717, 1.165) is 11.3 Å². The van der Waals surface area contributed by atoms with Gasteiger partial charge in [0.25, 0.3) is 5.91 Å². The lowest BCUT2D eigenvalue weighted by molar-refractivity contribution is -0.137. The molecule has 0 saturated heterocycles. The summed E-state index contributed by atoms with van der Waals surface area (Å²) in [6.45, 7) is 0.429. The zero-order chi connectivity index (χ0) is 24.9. The Hall–Kier alpha value is -3.88. The molecule has 2 amide bonds. The van der Waals surface area contributed by atoms with E-state index in [1.54, 1.807) is 31.4 Å². The normalized spacial score (nSPS) is 11.3. The topological polar surface area (TPSA) is 155 Å². The summed E-state index contributed by atoms with van der Waals surface area (Å²) in [5, 5.41) is 22.2. The number of methoxy groups -OCH3 is 1. The first-order chi connectivity index (χ1) is 16.3. The summed E-state index contributed by atoms with van der Waals surface area (Å²) in [6.07, 6.45) is 2.47. The number of carbonyl (C=O) groups is 3. The van der Waals surface area contributed by atoms with Crippen molar-refractivity contribution in [1.29, 1.82) is 5.41 Å². The smallest absolute Gasteiger partial charge is 0.305 e. The number of hydrogen-bond donors (Lipinski definition) is 5. The number of unbranched alkanes of at least 4 members (excludes halogenated alkanes) is 1. The van der Waals surface area contributed by atoms with Crippen LogP contribution in [-0.2, 0) is 16.0 Å². The molecule has 0 bridgehead atoms. The number of nitrogen functional groups attached to an aromatic ring is 1. The van der Waals surface area contributed by atoms with Crippen molar-refractivity contribution in [2.45, 2.75) is 44.6 Å². The van der Waals surface area contributed by atoms with E-state index in [9.17, 15) is 14.4 Å². The van der Waals surface area contributed by atoms with Crippen LogP contribution in [0.4, 0.5) is 0 Å². The van der Waals surface area contributed by atoms with Crippen LogP contribution in [0.1, 0.15) is 53.6 Å². The predicted molar refractivity (Wildman–Crippen MR) is 129 cm³/mol. The molecule has 0 aliphatic heterocycles. The number of nitrogens with two attached hydrogens (primary N) is 1. The van der Waals surface area contributed by atoms with Crippen LogP contribution in [0.3, 0.4) is 0 Å². The van der Waals surface area contributed by atoms with Crippen LogP contribution in [0.2, 0.25) is 0 Å². The molecule has 2 rings (SSSR count). The fraction of sp³-hybridized carbons (Fsp3) is 0.360. The van der Waals surface area contributed by atoms with E-state index in [4.69, 9.17) is 21.0 Å². The molecular weight excluding hydrogens is 436 g/mol. The third kappa shape index (κ3) is 9.32. The van der Waals surface area contributed by atoms with Crippen LogP contribution in [0.15, 0.2) is 48.5 Å². The Kier molecular flexibility index (Phi) is 10.6. The molecule has 9 nitrogen and oxygen atoms in total. The lowest BCUT2D eigenvalue weighted by atomic mass is 10.0. The van der Waals surface area contributed by atoms with Gasteiger partial charge in [0, 0.05) is 30.1 Å². The molecule has 2 aromatic carbocycles. The molecule has 0 fully saturated rings. The number of amides is 2. The summed E-state index contributed by atoms with van der Waals surface area (Å²) in [6, 6.07) is 13.4. The maximum atomic E-state index is 12.3. The molecule has 0 aliphatic rings. The van der Waals surface area contributed by atoms with Crippen molar-refractivity contribution in [1.82, 2.24) is 10.6 Å². The summed E-state index contributed by atoms with van der Waals surface area (Å²) in [5.74, 6) is -0.705. The highest BCUT2D eigenvalue weighted by Crippen LogP contribution is 2.13. The molecule has 0 saturated carbocycles. The second kappa shape index (κ2) is 13.6. The van der Waals surface area contributed by atoms with Gasteiger partial charge in [-0.15, -0.1) is 0 Å². The number of carboxylic acids is 1. The highest BCUT2D eigenvalue weighted by atomic mass is 16.5. The van der Waals surface area contributed by atoms with Crippen LogP contribution < -0.4 is 21.1 Å². The fourth-order valence-corrected chi connectivity index (χ4v) is 3.41. The van der Waals surface area contributed by atoms with Crippen molar-refractivity contribution >= 4 is 23.6 Å². The van der Waals surface area contributed by atoms with Gasteiger partial charge in [0.1, 0.15) is 11.6 Å². The molecule has 0 spiro atoms. The molecular formula is C25H32N4O5. The lowest BCUT2D eigenvalue weighted by Crippen LogP contribution is -2.36. The highest BCUT2D eigenvalue weighted by molar-refractivity contribution is 5.98. The number of aliphatic carboxylic acids is 1.